The van der Waals surface area contributed by atoms with E-state index in [1.807, 2.05) is 32.0 Å². The molecule has 1 atom stereocenters. The third kappa shape index (κ3) is 2.28. The van der Waals surface area contributed by atoms with Crippen LogP contribution in [0.1, 0.15) is 23.6 Å². The van der Waals surface area contributed by atoms with Gasteiger partial charge in [-0.25, -0.2) is 4.39 Å². The van der Waals surface area contributed by atoms with E-state index in [9.17, 15) is 4.39 Å². The normalized spacial score (nSPS) is 15.5. The van der Waals surface area contributed by atoms with Crippen LogP contribution in [-0.4, -0.2) is 6.54 Å². The molecule has 2 heteroatoms. The topological polar surface area (TPSA) is 26.0 Å². The molecule has 0 aliphatic rings. The first kappa shape index (κ1) is 10.2. The minimum atomic E-state index is -1.41. The van der Waals surface area contributed by atoms with Crippen molar-refractivity contribution in [2.45, 2.75) is 26.4 Å². The summed E-state index contributed by atoms with van der Waals surface area (Å²) in [6.07, 6.45) is 0. The Labute approximate surface area is 78.8 Å². The minimum absolute atomic E-state index is 0.0237. The lowest BCUT2D eigenvalue weighted by Crippen LogP contribution is -2.26. The Morgan fingerprint density at radius 2 is 1.69 bits per heavy atom. The van der Waals surface area contributed by atoms with E-state index in [1.165, 1.54) is 6.92 Å². The summed E-state index contributed by atoms with van der Waals surface area (Å²) in [5.41, 5.74) is 6.78. The molecule has 0 saturated carbocycles. The average molecular weight is 181 g/mol. The predicted molar refractivity (Wildman–Crippen MR) is 53.4 cm³/mol. The summed E-state index contributed by atoms with van der Waals surface area (Å²) in [4.78, 5) is 0. The van der Waals surface area contributed by atoms with Crippen molar-refractivity contribution < 1.29 is 4.39 Å². The maximum Gasteiger partial charge on any atom is 0.145 e. The highest BCUT2D eigenvalue weighted by Gasteiger charge is 2.23. The minimum Gasteiger partial charge on any atom is -0.327 e. The lowest BCUT2D eigenvalue weighted by Gasteiger charge is -2.19. The molecule has 0 aliphatic carbocycles. The molecule has 1 unspecified atom stereocenters. The van der Waals surface area contributed by atoms with E-state index in [0.29, 0.717) is 5.56 Å². The number of benzene rings is 1. The second-order valence-corrected chi connectivity index (χ2v) is 3.78. The molecular weight excluding hydrogens is 165 g/mol. The fourth-order valence-electron chi connectivity index (χ4n) is 1.39. The number of alkyl halides is 1. The first-order valence-corrected chi connectivity index (χ1v) is 4.43. The molecule has 0 spiro atoms. The van der Waals surface area contributed by atoms with Crippen LogP contribution in [-0.2, 0) is 5.67 Å². The van der Waals surface area contributed by atoms with E-state index in [0.717, 1.165) is 11.1 Å². The molecule has 0 heterocycles. The van der Waals surface area contributed by atoms with Crippen LogP contribution >= 0.6 is 0 Å². The number of rotatable bonds is 2. The highest BCUT2D eigenvalue weighted by atomic mass is 19.1. The predicted octanol–water partition coefficient (Wildman–Crippen LogP) is 2.45. The van der Waals surface area contributed by atoms with Crippen molar-refractivity contribution >= 4 is 0 Å². The summed E-state index contributed by atoms with van der Waals surface area (Å²) < 4.78 is 13.8. The van der Waals surface area contributed by atoms with Gasteiger partial charge < -0.3 is 5.73 Å². The van der Waals surface area contributed by atoms with Gasteiger partial charge in [-0.3, -0.25) is 0 Å². The number of aryl methyl sites for hydroxylation is 2. The Morgan fingerprint density at radius 3 is 2.08 bits per heavy atom. The molecule has 2 N–H and O–H groups in total. The van der Waals surface area contributed by atoms with Gasteiger partial charge >= 0.3 is 0 Å². The number of halogens is 1. The first-order valence-electron chi connectivity index (χ1n) is 4.43. The van der Waals surface area contributed by atoms with Crippen LogP contribution in [0.15, 0.2) is 18.2 Å². The van der Waals surface area contributed by atoms with E-state index in [1.54, 1.807) is 0 Å². The summed E-state index contributed by atoms with van der Waals surface area (Å²) in [6, 6.07) is 5.72. The fraction of sp³-hybridized carbons (Fsp3) is 0.455. The number of hydrogen-bond donors (Lipinski definition) is 1. The van der Waals surface area contributed by atoms with Crippen molar-refractivity contribution in [3.05, 3.63) is 34.9 Å². The third-order valence-corrected chi connectivity index (χ3v) is 2.21. The smallest absolute Gasteiger partial charge is 0.145 e. The fourth-order valence-corrected chi connectivity index (χ4v) is 1.39. The average Bonchev–Trinajstić information content (AvgIpc) is 2.02. The van der Waals surface area contributed by atoms with Crippen molar-refractivity contribution in [1.82, 2.24) is 0 Å². The van der Waals surface area contributed by atoms with Crippen LogP contribution < -0.4 is 5.73 Å². The van der Waals surface area contributed by atoms with Gasteiger partial charge in [0.1, 0.15) is 5.67 Å². The van der Waals surface area contributed by atoms with Gasteiger partial charge in [-0.05, 0) is 26.3 Å². The van der Waals surface area contributed by atoms with Crippen LogP contribution in [0.3, 0.4) is 0 Å². The Balaban J connectivity index is 3.15. The van der Waals surface area contributed by atoms with Crippen molar-refractivity contribution in [2.75, 3.05) is 6.54 Å². The Kier molecular flexibility index (Phi) is 2.71. The highest BCUT2D eigenvalue weighted by Crippen LogP contribution is 2.25. The monoisotopic (exact) mass is 181 g/mol. The molecule has 0 radical (unpaired) electrons. The molecule has 13 heavy (non-hydrogen) atoms. The lowest BCUT2D eigenvalue weighted by molar-refractivity contribution is 0.203. The second-order valence-electron chi connectivity index (χ2n) is 3.78. The maximum absolute atomic E-state index is 13.8. The lowest BCUT2D eigenvalue weighted by atomic mass is 9.95. The van der Waals surface area contributed by atoms with E-state index in [4.69, 9.17) is 5.73 Å². The van der Waals surface area contributed by atoms with Crippen LogP contribution in [0, 0.1) is 13.8 Å². The zero-order valence-corrected chi connectivity index (χ0v) is 8.39. The largest absolute Gasteiger partial charge is 0.327 e. The first-order chi connectivity index (χ1) is 5.95. The van der Waals surface area contributed by atoms with E-state index >= 15 is 0 Å². The summed E-state index contributed by atoms with van der Waals surface area (Å²) in [6.45, 7) is 5.46. The summed E-state index contributed by atoms with van der Waals surface area (Å²) in [5, 5.41) is 0. The van der Waals surface area contributed by atoms with Crippen LogP contribution in [0.2, 0.25) is 0 Å². The van der Waals surface area contributed by atoms with Crippen LogP contribution in [0.4, 0.5) is 4.39 Å². The number of hydrogen-bond acceptors (Lipinski definition) is 1. The molecule has 0 fully saturated rings. The molecule has 0 bridgehead atoms. The molecule has 1 nitrogen and oxygen atoms in total. The van der Waals surface area contributed by atoms with Gasteiger partial charge in [0.05, 0.1) is 0 Å². The molecule has 0 aromatic heterocycles. The van der Waals surface area contributed by atoms with Gasteiger partial charge in [-0.15, -0.1) is 0 Å². The zero-order valence-electron chi connectivity index (χ0n) is 8.39. The van der Waals surface area contributed by atoms with Crippen molar-refractivity contribution in [3.8, 4) is 0 Å². The van der Waals surface area contributed by atoms with Crippen molar-refractivity contribution in [3.63, 3.8) is 0 Å². The molecule has 1 aromatic carbocycles. The third-order valence-electron chi connectivity index (χ3n) is 2.21. The summed E-state index contributed by atoms with van der Waals surface area (Å²) in [5.74, 6) is 0. The molecule has 0 saturated heterocycles. The zero-order chi connectivity index (χ0) is 10.1. The Morgan fingerprint density at radius 1 is 1.23 bits per heavy atom. The molecule has 0 amide bonds. The SMILES string of the molecule is Cc1cc(C)cc(C(C)(F)CN)c1. The molecule has 72 valence electrons. The van der Waals surface area contributed by atoms with Crippen molar-refractivity contribution in [2.24, 2.45) is 5.73 Å². The van der Waals surface area contributed by atoms with Crippen LogP contribution in [0.25, 0.3) is 0 Å². The van der Waals surface area contributed by atoms with E-state index < -0.39 is 5.67 Å². The van der Waals surface area contributed by atoms with Crippen molar-refractivity contribution in [1.29, 1.82) is 0 Å². The molecule has 1 aromatic rings. The summed E-state index contributed by atoms with van der Waals surface area (Å²) >= 11 is 0. The maximum atomic E-state index is 13.8. The quantitative estimate of drug-likeness (QED) is 0.745. The molecule has 0 aliphatic heterocycles. The molecular formula is C11H16FN. The number of nitrogens with two attached hydrogens (primary N) is 1. The van der Waals surface area contributed by atoms with Gasteiger partial charge in [0.2, 0.25) is 0 Å². The Hall–Kier alpha value is -0.890. The second kappa shape index (κ2) is 3.46. The summed E-state index contributed by atoms with van der Waals surface area (Å²) in [7, 11) is 0. The van der Waals surface area contributed by atoms with Gasteiger partial charge in [-0.1, -0.05) is 29.3 Å². The van der Waals surface area contributed by atoms with Gasteiger partial charge in [-0.2, -0.15) is 0 Å². The van der Waals surface area contributed by atoms with E-state index in [2.05, 4.69) is 0 Å². The highest BCUT2D eigenvalue weighted by molar-refractivity contribution is 5.32. The van der Waals surface area contributed by atoms with Gasteiger partial charge in [0.15, 0.2) is 0 Å². The van der Waals surface area contributed by atoms with Crippen LogP contribution in [0.5, 0.6) is 0 Å². The molecule has 1 rings (SSSR count). The van der Waals surface area contributed by atoms with Gasteiger partial charge in [0.25, 0.3) is 0 Å². The van der Waals surface area contributed by atoms with E-state index in [-0.39, 0.29) is 6.54 Å². The standard InChI is InChI=1S/C11H16FN/c1-8-4-9(2)6-10(5-8)11(3,12)7-13/h4-6H,7,13H2,1-3H3. The van der Waals surface area contributed by atoms with Gasteiger partial charge in [0, 0.05) is 6.54 Å². The Bertz CT molecular complexity index is 285.